The number of nitrogens with one attached hydrogen (secondary N) is 2. The van der Waals surface area contributed by atoms with E-state index in [4.69, 9.17) is 0 Å². The molecule has 2 aromatic rings. The molecule has 0 radical (unpaired) electrons. The van der Waals surface area contributed by atoms with Crippen molar-refractivity contribution >= 4 is 10.9 Å². The van der Waals surface area contributed by atoms with Crippen molar-refractivity contribution in [2.24, 2.45) is 0 Å². The molecular formula is C13H16N2O. The number of rotatable bonds is 3. The van der Waals surface area contributed by atoms with Crippen LogP contribution in [0.15, 0.2) is 35.1 Å². The maximum atomic E-state index is 11.8. The first-order valence-corrected chi connectivity index (χ1v) is 5.51. The molecule has 1 aromatic carbocycles. The van der Waals surface area contributed by atoms with Crippen LogP contribution >= 0.6 is 0 Å². The standard InChI is InChI=1S/C13H16N2O/c1-9(2)14-8-11-7-10-5-3-4-6-12(10)15-13(11)16/h3-7,9,14H,8H2,1-2H3,(H,15,16). The zero-order valence-electron chi connectivity index (χ0n) is 9.58. The second kappa shape index (κ2) is 4.49. The Kier molecular flexibility index (Phi) is 3.06. The first-order chi connectivity index (χ1) is 7.66. The topological polar surface area (TPSA) is 44.9 Å². The highest BCUT2D eigenvalue weighted by Gasteiger charge is 2.02. The lowest BCUT2D eigenvalue weighted by molar-refractivity contribution is 0.586. The lowest BCUT2D eigenvalue weighted by Gasteiger charge is -2.08. The van der Waals surface area contributed by atoms with E-state index in [1.807, 2.05) is 30.3 Å². The van der Waals surface area contributed by atoms with E-state index in [1.165, 1.54) is 0 Å². The van der Waals surface area contributed by atoms with Crippen LogP contribution in [0.1, 0.15) is 19.4 Å². The number of H-pyrrole nitrogens is 1. The maximum absolute atomic E-state index is 11.8. The predicted molar refractivity (Wildman–Crippen MR) is 66.5 cm³/mol. The molecule has 0 atom stereocenters. The largest absolute Gasteiger partial charge is 0.322 e. The van der Waals surface area contributed by atoms with Crippen molar-refractivity contribution in [3.8, 4) is 0 Å². The number of aromatic nitrogens is 1. The molecule has 0 aliphatic rings. The molecule has 1 heterocycles. The number of hydrogen-bond donors (Lipinski definition) is 2. The highest BCUT2D eigenvalue weighted by atomic mass is 16.1. The lowest BCUT2D eigenvalue weighted by Crippen LogP contribution is -2.26. The number of hydrogen-bond acceptors (Lipinski definition) is 2. The van der Waals surface area contributed by atoms with E-state index in [0.29, 0.717) is 12.6 Å². The first-order valence-electron chi connectivity index (χ1n) is 5.51. The average molecular weight is 216 g/mol. The Morgan fingerprint density at radius 3 is 2.81 bits per heavy atom. The summed E-state index contributed by atoms with van der Waals surface area (Å²) in [6.07, 6.45) is 0. The molecule has 0 saturated heterocycles. The third-order valence-corrected chi connectivity index (χ3v) is 2.53. The molecule has 84 valence electrons. The van der Waals surface area contributed by atoms with Gasteiger partial charge in [0.2, 0.25) is 0 Å². The van der Waals surface area contributed by atoms with Gasteiger partial charge < -0.3 is 10.3 Å². The van der Waals surface area contributed by atoms with Gasteiger partial charge in [0.25, 0.3) is 5.56 Å². The van der Waals surface area contributed by atoms with E-state index in [-0.39, 0.29) is 5.56 Å². The Morgan fingerprint density at radius 2 is 2.06 bits per heavy atom. The Bertz CT molecular complexity index is 543. The van der Waals surface area contributed by atoms with E-state index in [2.05, 4.69) is 24.1 Å². The van der Waals surface area contributed by atoms with Gasteiger partial charge in [-0.15, -0.1) is 0 Å². The number of para-hydroxylation sites is 1. The van der Waals surface area contributed by atoms with Crippen LogP contribution in [0.4, 0.5) is 0 Å². The summed E-state index contributed by atoms with van der Waals surface area (Å²) < 4.78 is 0. The number of fused-ring (bicyclic) bond motifs is 1. The Morgan fingerprint density at radius 1 is 1.31 bits per heavy atom. The molecule has 2 N–H and O–H groups in total. The quantitative estimate of drug-likeness (QED) is 0.824. The van der Waals surface area contributed by atoms with Gasteiger partial charge in [0, 0.05) is 23.7 Å². The van der Waals surface area contributed by atoms with Crippen molar-refractivity contribution in [3.63, 3.8) is 0 Å². The zero-order chi connectivity index (χ0) is 11.5. The molecule has 0 aliphatic carbocycles. The van der Waals surface area contributed by atoms with Crippen LogP contribution in [0.3, 0.4) is 0 Å². The van der Waals surface area contributed by atoms with Crippen LogP contribution < -0.4 is 10.9 Å². The van der Waals surface area contributed by atoms with E-state index < -0.39 is 0 Å². The molecule has 0 amide bonds. The zero-order valence-corrected chi connectivity index (χ0v) is 9.58. The minimum atomic E-state index is -0.00755. The van der Waals surface area contributed by atoms with E-state index in [0.717, 1.165) is 16.5 Å². The van der Waals surface area contributed by atoms with Crippen molar-refractivity contribution < 1.29 is 0 Å². The van der Waals surface area contributed by atoms with Gasteiger partial charge in [0.05, 0.1) is 0 Å². The van der Waals surface area contributed by atoms with E-state index in [9.17, 15) is 4.79 Å². The van der Waals surface area contributed by atoms with Crippen LogP contribution in [0.5, 0.6) is 0 Å². The summed E-state index contributed by atoms with van der Waals surface area (Å²) in [4.78, 5) is 14.6. The second-order valence-electron chi connectivity index (χ2n) is 4.25. The number of aromatic amines is 1. The molecular weight excluding hydrogens is 200 g/mol. The second-order valence-corrected chi connectivity index (χ2v) is 4.25. The fraction of sp³-hybridized carbons (Fsp3) is 0.308. The normalized spacial score (nSPS) is 11.2. The molecule has 0 spiro atoms. The summed E-state index contributed by atoms with van der Waals surface area (Å²) in [6.45, 7) is 4.74. The Labute approximate surface area is 94.5 Å². The Balaban J connectivity index is 2.38. The van der Waals surface area contributed by atoms with Crippen LogP contribution in [0.25, 0.3) is 10.9 Å². The molecule has 3 nitrogen and oxygen atoms in total. The lowest BCUT2D eigenvalue weighted by atomic mass is 10.1. The third-order valence-electron chi connectivity index (χ3n) is 2.53. The van der Waals surface area contributed by atoms with Crippen molar-refractivity contribution in [2.45, 2.75) is 26.4 Å². The van der Waals surface area contributed by atoms with Crippen molar-refractivity contribution in [1.82, 2.24) is 10.3 Å². The van der Waals surface area contributed by atoms with E-state index in [1.54, 1.807) is 0 Å². The molecule has 0 bridgehead atoms. The van der Waals surface area contributed by atoms with Gasteiger partial charge in [-0.1, -0.05) is 32.0 Å². The van der Waals surface area contributed by atoms with Gasteiger partial charge >= 0.3 is 0 Å². The number of pyridine rings is 1. The summed E-state index contributed by atoms with van der Waals surface area (Å²) in [7, 11) is 0. The third kappa shape index (κ3) is 2.31. The summed E-state index contributed by atoms with van der Waals surface area (Å²) >= 11 is 0. The molecule has 0 saturated carbocycles. The predicted octanol–water partition coefficient (Wildman–Crippen LogP) is 2.03. The van der Waals surface area contributed by atoms with Gasteiger partial charge in [-0.2, -0.15) is 0 Å². The molecule has 0 fully saturated rings. The SMILES string of the molecule is CC(C)NCc1cc2ccccc2[nH]c1=O. The van der Waals surface area contributed by atoms with Crippen molar-refractivity contribution in [2.75, 3.05) is 0 Å². The van der Waals surface area contributed by atoms with Crippen LogP contribution in [-0.4, -0.2) is 11.0 Å². The molecule has 3 heteroatoms. The monoisotopic (exact) mass is 216 g/mol. The van der Waals surface area contributed by atoms with Crippen molar-refractivity contribution in [1.29, 1.82) is 0 Å². The molecule has 0 unspecified atom stereocenters. The summed E-state index contributed by atoms with van der Waals surface area (Å²) in [6, 6.07) is 10.1. The summed E-state index contributed by atoms with van der Waals surface area (Å²) in [5.41, 5.74) is 1.67. The fourth-order valence-electron chi connectivity index (χ4n) is 1.64. The van der Waals surface area contributed by atoms with Crippen LogP contribution in [0, 0.1) is 0 Å². The molecule has 16 heavy (non-hydrogen) atoms. The van der Waals surface area contributed by atoms with Gasteiger partial charge in [0.1, 0.15) is 0 Å². The van der Waals surface area contributed by atoms with Gasteiger partial charge in [-0.05, 0) is 17.5 Å². The average Bonchev–Trinajstić information content (AvgIpc) is 2.26. The molecule has 2 rings (SSSR count). The van der Waals surface area contributed by atoms with Crippen molar-refractivity contribution in [3.05, 3.63) is 46.2 Å². The maximum Gasteiger partial charge on any atom is 0.252 e. The minimum Gasteiger partial charge on any atom is -0.322 e. The highest BCUT2D eigenvalue weighted by Crippen LogP contribution is 2.09. The first kappa shape index (κ1) is 10.9. The van der Waals surface area contributed by atoms with Gasteiger partial charge in [-0.25, -0.2) is 0 Å². The fourth-order valence-corrected chi connectivity index (χ4v) is 1.64. The Hall–Kier alpha value is -1.61. The smallest absolute Gasteiger partial charge is 0.252 e. The molecule has 0 aliphatic heterocycles. The summed E-state index contributed by atoms with van der Waals surface area (Å²) in [5.74, 6) is 0. The van der Waals surface area contributed by atoms with Gasteiger partial charge in [0.15, 0.2) is 0 Å². The van der Waals surface area contributed by atoms with Crippen LogP contribution in [0.2, 0.25) is 0 Å². The van der Waals surface area contributed by atoms with Crippen LogP contribution in [-0.2, 0) is 6.54 Å². The summed E-state index contributed by atoms with van der Waals surface area (Å²) in [5, 5.41) is 4.32. The van der Waals surface area contributed by atoms with Gasteiger partial charge in [-0.3, -0.25) is 4.79 Å². The highest BCUT2D eigenvalue weighted by molar-refractivity contribution is 5.78. The molecule has 1 aromatic heterocycles. The van der Waals surface area contributed by atoms with E-state index >= 15 is 0 Å². The number of benzene rings is 1. The minimum absolute atomic E-state index is 0.00755.